The van der Waals surface area contributed by atoms with E-state index in [4.69, 9.17) is 9.47 Å². The van der Waals surface area contributed by atoms with E-state index in [0.29, 0.717) is 13.1 Å². The molecule has 0 unspecified atom stereocenters. The van der Waals surface area contributed by atoms with Gasteiger partial charge in [0.2, 0.25) is 5.91 Å². The molecule has 0 bridgehead atoms. The van der Waals surface area contributed by atoms with Gasteiger partial charge in [0.1, 0.15) is 0 Å². The highest BCUT2D eigenvalue weighted by Gasteiger charge is 2.52. The van der Waals surface area contributed by atoms with Crippen LogP contribution in [0, 0.1) is 13.8 Å². The third-order valence-electron chi connectivity index (χ3n) is 6.80. The Morgan fingerprint density at radius 2 is 1.97 bits per heavy atom. The van der Waals surface area contributed by atoms with Gasteiger partial charge in [-0.1, -0.05) is 29.8 Å². The molecule has 0 aromatic heterocycles. The van der Waals surface area contributed by atoms with Gasteiger partial charge >= 0.3 is 0 Å². The highest BCUT2D eigenvalue weighted by atomic mass is 16.5. The number of carbonyl (C=O) groups excluding carboxylic acids is 1. The third kappa shape index (κ3) is 3.17. The van der Waals surface area contributed by atoms with Gasteiger partial charge in [-0.05, 0) is 37.6 Å². The van der Waals surface area contributed by atoms with Gasteiger partial charge in [-0.3, -0.25) is 4.79 Å². The summed E-state index contributed by atoms with van der Waals surface area (Å²) in [4.78, 5) is 13.8. The monoisotopic (exact) mass is 419 g/mol. The van der Waals surface area contributed by atoms with Crippen molar-refractivity contribution < 1.29 is 14.3 Å². The van der Waals surface area contributed by atoms with Crippen molar-refractivity contribution >= 4 is 11.6 Å². The van der Waals surface area contributed by atoms with Gasteiger partial charge in [-0.25, -0.2) is 0 Å². The molecule has 31 heavy (non-hydrogen) atoms. The standard InChI is InChI=1S/C25H29N3O3/c1-16-8-9-17(2)20(14-16)21-15-22-19-6-5-7-23(30-4)24(19)31-25(28(22)26-21)10-12-27(13-11-25)18(3)29/h5-9,14-15,22,26H,10-13H2,1-4H3/t22-/m0/s1. The predicted octanol–water partition coefficient (Wildman–Crippen LogP) is 3.95. The summed E-state index contributed by atoms with van der Waals surface area (Å²) >= 11 is 0. The molecule has 0 aliphatic carbocycles. The Labute approximate surface area is 183 Å². The van der Waals surface area contributed by atoms with Crippen LogP contribution in [0.5, 0.6) is 11.5 Å². The molecule has 0 radical (unpaired) electrons. The highest BCUT2D eigenvalue weighted by molar-refractivity contribution is 5.73. The van der Waals surface area contributed by atoms with Crippen molar-refractivity contribution in [3.8, 4) is 11.5 Å². The summed E-state index contributed by atoms with van der Waals surface area (Å²) in [5, 5.41) is 2.25. The van der Waals surface area contributed by atoms with Gasteiger partial charge in [0.25, 0.3) is 0 Å². The van der Waals surface area contributed by atoms with E-state index in [2.05, 4.69) is 54.6 Å². The fraction of sp³-hybridized carbons (Fsp3) is 0.400. The molecule has 6 heteroatoms. The Morgan fingerprint density at radius 1 is 1.19 bits per heavy atom. The molecule has 1 amide bonds. The Kier molecular flexibility index (Phi) is 4.70. The van der Waals surface area contributed by atoms with Gasteiger partial charge in [-0.15, -0.1) is 0 Å². The first-order valence-electron chi connectivity index (χ1n) is 10.9. The minimum atomic E-state index is -0.547. The number of para-hydroxylation sites is 1. The van der Waals surface area contributed by atoms with Gasteiger partial charge < -0.3 is 19.8 Å². The number of fused-ring (bicyclic) bond motifs is 4. The van der Waals surface area contributed by atoms with Gasteiger partial charge in [0.15, 0.2) is 17.2 Å². The number of hydrogen-bond donors (Lipinski definition) is 1. The number of piperidine rings is 1. The van der Waals surface area contributed by atoms with Gasteiger partial charge in [0.05, 0.1) is 18.8 Å². The summed E-state index contributed by atoms with van der Waals surface area (Å²) in [5.74, 6) is 1.67. The predicted molar refractivity (Wildman–Crippen MR) is 119 cm³/mol. The van der Waals surface area contributed by atoms with Crippen LogP contribution in [-0.4, -0.2) is 41.7 Å². The first kappa shape index (κ1) is 19.9. The van der Waals surface area contributed by atoms with Crippen molar-refractivity contribution in [1.29, 1.82) is 0 Å². The van der Waals surface area contributed by atoms with E-state index >= 15 is 0 Å². The smallest absolute Gasteiger partial charge is 0.219 e. The van der Waals surface area contributed by atoms with Crippen molar-refractivity contribution in [1.82, 2.24) is 15.3 Å². The average molecular weight is 420 g/mol. The molecular formula is C25H29N3O3. The second-order valence-electron chi connectivity index (χ2n) is 8.76. The maximum absolute atomic E-state index is 11.9. The van der Waals surface area contributed by atoms with E-state index in [1.54, 1.807) is 14.0 Å². The molecule has 5 rings (SSSR count). The van der Waals surface area contributed by atoms with Crippen LogP contribution in [0.3, 0.4) is 0 Å². The molecule has 1 saturated heterocycles. The number of methoxy groups -OCH3 is 1. The maximum Gasteiger partial charge on any atom is 0.219 e. The zero-order chi connectivity index (χ0) is 21.8. The van der Waals surface area contributed by atoms with Crippen LogP contribution in [0.1, 0.15) is 48.1 Å². The molecule has 3 heterocycles. The topological polar surface area (TPSA) is 54.0 Å². The Hall–Kier alpha value is -2.99. The van der Waals surface area contributed by atoms with Crippen molar-refractivity contribution in [3.05, 3.63) is 64.7 Å². The zero-order valence-corrected chi connectivity index (χ0v) is 18.6. The Bertz CT molecular complexity index is 1070. The number of carbonyl (C=O) groups is 1. The summed E-state index contributed by atoms with van der Waals surface area (Å²) in [6.07, 6.45) is 3.74. The molecule has 2 aromatic carbocycles. The number of amides is 1. The fourth-order valence-electron chi connectivity index (χ4n) is 5.02. The lowest BCUT2D eigenvalue weighted by atomic mass is 9.92. The average Bonchev–Trinajstić information content (AvgIpc) is 3.22. The number of benzene rings is 2. The van der Waals surface area contributed by atoms with Crippen LogP contribution < -0.4 is 14.9 Å². The lowest BCUT2D eigenvalue weighted by molar-refractivity contribution is -0.165. The molecular weight excluding hydrogens is 390 g/mol. The summed E-state index contributed by atoms with van der Waals surface area (Å²) in [5.41, 5.74) is 8.99. The van der Waals surface area contributed by atoms with E-state index in [9.17, 15) is 4.79 Å². The maximum atomic E-state index is 11.9. The summed E-state index contributed by atoms with van der Waals surface area (Å²) in [6.45, 7) is 7.24. The molecule has 162 valence electrons. The van der Waals surface area contributed by atoms with E-state index in [-0.39, 0.29) is 11.9 Å². The number of ether oxygens (including phenoxy) is 2. The summed E-state index contributed by atoms with van der Waals surface area (Å²) in [7, 11) is 1.68. The van der Waals surface area contributed by atoms with Crippen LogP contribution in [0.2, 0.25) is 0 Å². The molecule has 1 spiro atoms. The number of hydrazine groups is 1. The number of nitrogens with one attached hydrogen (secondary N) is 1. The lowest BCUT2D eigenvalue weighted by Crippen LogP contribution is -2.64. The van der Waals surface area contributed by atoms with E-state index in [1.807, 2.05) is 17.0 Å². The largest absolute Gasteiger partial charge is 0.493 e. The minimum Gasteiger partial charge on any atom is -0.493 e. The number of rotatable bonds is 2. The number of nitrogens with zero attached hydrogens (tertiary/aromatic N) is 2. The molecule has 1 atom stereocenters. The highest BCUT2D eigenvalue weighted by Crippen LogP contribution is 2.51. The first-order valence-corrected chi connectivity index (χ1v) is 10.9. The molecule has 1 N–H and O–H groups in total. The number of hydrogen-bond acceptors (Lipinski definition) is 5. The van der Waals surface area contributed by atoms with Gasteiger partial charge in [0, 0.05) is 44.0 Å². The van der Waals surface area contributed by atoms with E-state index in [1.165, 1.54) is 16.7 Å². The molecule has 2 aromatic rings. The zero-order valence-electron chi connectivity index (χ0n) is 18.6. The number of likely N-dealkylation sites (tertiary alicyclic amines) is 1. The Balaban J connectivity index is 1.59. The van der Waals surface area contributed by atoms with Crippen molar-refractivity contribution in [2.75, 3.05) is 20.2 Å². The first-order chi connectivity index (χ1) is 14.9. The minimum absolute atomic E-state index is 0.0256. The van der Waals surface area contributed by atoms with Crippen LogP contribution >= 0.6 is 0 Å². The second kappa shape index (κ2) is 7.31. The normalized spacial score (nSPS) is 21.6. The molecule has 1 fully saturated rings. The third-order valence-corrected chi connectivity index (χ3v) is 6.80. The second-order valence-corrected chi connectivity index (χ2v) is 8.76. The van der Waals surface area contributed by atoms with Crippen LogP contribution in [0.4, 0.5) is 0 Å². The quantitative estimate of drug-likeness (QED) is 0.799. The fourth-order valence-corrected chi connectivity index (χ4v) is 5.02. The van der Waals surface area contributed by atoms with Crippen LogP contribution in [-0.2, 0) is 4.79 Å². The van der Waals surface area contributed by atoms with Crippen LogP contribution in [0.15, 0.2) is 42.5 Å². The van der Waals surface area contributed by atoms with Gasteiger partial charge in [-0.2, -0.15) is 5.01 Å². The SMILES string of the molecule is COc1cccc2c1OC1(CCN(C(C)=O)CC1)N1NC(c3cc(C)ccc3C)=C[C@@H]21. The molecule has 6 nitrogen and oxygen atoms in total. The molecule has 0 saturated carbocycles. The lowest BCUT2D eigenvalue weighted by Gasteiger charge is -2.51. The molecule has 3 aliphatic rings. The van der Waals surface area contributed by atoms with E-state index in [0.717, 1.165) is 35.6 Å². The van der Waals surface area contributed by atoms with E-state index < -0.39 is 5.72 Å². The summed E-state index contributed by atoms with van der Waals surface area (Å²) < 4.78 is 12.4. The van der Waals surface area contributed by atoms with Crippen molar-refractivity contribution in [2.24, 2.45) is 0 Å². The molecule has 3 aliphatic heterocycles. The Morgan fingerprint density at radius 3 is 2.68 bits per heavy atom. The number of aryl methyl sites for hydroxylation is 2. The van der Waals surface area contributed by atoms with Crippen molar-refractivity contribution in [2.45, 2.75) is 45.4 Å². The summed E-state index contributed by atoms with van der Waals surface area (Å²) in [6, 6.07) is 12.6. The van der Waals surface area contributed by atoms with Crippen molar-refractivity contribution in [3.63, 3.8) is 0 Å². The van der Waals surface area contributed by atoms with Crippen LogP contribution in [0.25, 0.3) is 5.70 Å².